The highest BCUT2D eigenvalue weighted by atomic mass is 16.6. The molecular weight excluding hydrogens is 310 g/mol. The highest BCUT2D eigenvalue weighted by Gasteiger charge is 2.32. The molecule has 0 aromatic carbocycles. The maximum absolute atomic E-state index is 11.8. The Kier molecular flexibility index (Phi) is 5.77. The number of aromatic nitrogens is 1. The molecule has 1 saturated heterocycles. The highest BCUT2D eigenvalue weighted by molar-refractivity contribution is 5.75. The molecule has 0 unspecified atom stereocenters. The second-order valence-electron chi connectivity index (χ2n) is 6.98. The first-order valence-electron chi connectivity index (χ1n) is 8.12. The zero-order valence-corrected chi connectivity index (χ0v) is 14.4. The summed E-state index contributed by atoms with van der Waals surface area (Å²) >= 11 is 0. The van der Waals surface area contributed by atoms with Gasteiger partial charge in [0.05, 0.1) is 0 Å². The van der Waals surface area contributed by atoms with Crippen LogP contribution >= 0.6 is 0 Å². The van der Waals surface area contributed by atoms with Gasteiger partial charge in [0, 0.05) is 31.5 Å². The van der Waals surface area contributed by atoms with Crippen molar-refractivity contribution >= 4 is 12.1 Å². The lowest BCUT2D eigenvalue weighted by atomic mass is 10.0. The van der Waals surface area contributed by atoms with Crippen LogP contribution in [0.1, 0.15) is 45.2 Å². The number of carboxylic acid groups (broad SMARTS) is 1. The van der Waals surface area contributed by atoms with Gasteiger partial charge in [-0.2, -0.15) is 0 Å². The summed E-state index contributed by atoms with van der Waals surface area (Å²) < 4.78 is 5.26. The van der Waals surface area contributed by atoms with Crippen LogP contribution < -0.4 is 5.32 Å². The van der Waals surface area contributed by atoms with E-state index in [1.807, 2.05) is 25.7 Å². The number of carboxylic acids is 1. The molecule has 0 aliphatic carbocycles. The highest BCUT2D eigenvalue weighted by Crippen LogP contribution is 2.24. The van der Waals surface area contributed by atoms with Gasteiger partial charge < -0.3 is 15.2 Å². The first kappa shape index (κ1) is 18.2. The monoisotopic (exact) mass is 335 g/mol. The summed E-state index contributed by atoms with van der Waals surface area (Å²) in [6, 6.07) is 2.81. The van der Waals surface area contributed by atoms with Crippen LogP contribution in [-0.4, -0.2) is 51.8 Å². The summed E-state index contributed by atoms with van der Waals surface area (Å²) in [5.74, 6) is -0.887. The van der Waals surface area contributed by atoms with Gasteiger partial charge in [-0.1, -0.05) is 6.07 Å². The van der Waals surface area contributed by atoms with E-state index in [2.05, 4.69) is 10.3 Å². The number of piperidine rings is 1. The van der Waals surface area contributed by atoms with E-state index in [9.17, 15) is 14.7 Å². The van der Waals surface area contributed by atoms with Crippen molar-refractivity contribution in [2.45, 2.75) is 51.3 Å². The van der Waals surface area contributed by atoms with E-state index in [1.165, 1.54) is 0 Å². The molecule has 1 aromatic heterocycles. The van der Waals surface area contributed by atoms with Gasteiger partial charge in [-0.05, 0) is 45.2 Å². The van der Waals surface area contributed by atoms with Crippen LogP contribution in [0.25, 0.3) is 0 Å². The Morgan fingerprint density at radius 3 is 2.54 bits per heavy atom. The van der Waals surface area contributed by atoms with Gasteiger partial charge in [-0.25, -0.2) is 4.79 Å². The van der Waals surface area contributed by atoms with Crippen LogP contribution in [0.2, 0.25) is 0 Å². The predicted octanol–water partition coefficient (Wildman–Crippen LogP) is 2.20. The maximum Gasteiger partial charge on any atom is 0.407 e. The largest absolute Gasteiger partial charge is 0.480 e. The average Bonchev–Trinajstić information content (AvgIpc) is 2.48. The number of carbonyl (C=O) groups excluding carboxylic acids is 1. The van der Waals surface area contributed by atoms with Gasteiger partial charge in [-0.3, -0.25) is 14.7 Å². The lowest BCUT2D eigenvalue weighted by molar-refractivity contribution is -0.144. The molecule has 0 spiro atoms. The van der Waals surface area contributed by atoms with E-state index in [0.717, 1.165) is 0 Å². The molecule has 0 radical (unpaired) electrons. The van der Waals surface area contributed by atoms with E-state index in [-0.39, 0.29) is 6.04 Å². The van der Waals surface area contributed by atoms with Crippen molar-refractivity contribution in [1.29, 1.82) is 0 Å². The zero-order valence-electron chi connectivity index (χ0n) is 14.4. The number of likely N-dealkylation sites (tertiary alicyclic amines) is 1. The fourth-order valence-corrected chi connectivity index (χ4v) is 2.82. The molecule has 1 fully saturated rings. The summed E-state index contributed by atoms with van der Waals surface area (Å²) in [7, 11) is 0. The molecule has 2 rings (SSSR count). The number of carbonyl (C=O) groups is 2. The second kappa shape index (κ2) is 7.61. The first-order valence-corrected chi connectivity index (χ1v) is 8.12. The fourth-order valence-electron chi connectivity index (χ4n) is 2.82. The van der Waals surface area contributed by atoms with Crippen molar-refractivity contribution in [3.63, 3.8) is 0 Å². The van der Waals surface area contributed by atoms with E-state index in [4.69, 9.17) is 4.74 Å². The lowest BCUT2D eigenvalue weighted by Crippen LogP contribution is -2.48. The number of nitrogens with zero attached hydrogens (tertiary/aromatic N) is 2. The minimum absolute atomic E-state index is 0.000516. The summed E-state index contributed by atoms with van der Waals surface area (Å²) in [5.41, 5.74) is 0.142. The van der Waals surface area contributed by atoms with Crippen LogP contribution in [0.15, 0.2) is 24.5 Å². The van der Waals surface area contributed by atoms with E-state index >= 15 is 0 Å². The lowest BCUT2D eigenvalue weighted by Gasteiger charge is -2.36. The average molecular weight is 335 g/mol. The molecule has 1 aliphatic rings. The molecule has 1 amide bonds. The maximum atomic E-state index is 11.8. The normalized spacial score (nSPS) is 18.0. The third-order valence-electron chi connectivity index (χ3n) is 3.85. The fraction of sp³-hybridized carbons (Fsp3) is 0.588. The number of aliphatic carboxylic acids is 1. The minimum Gasteiger partial charge on any atom is -0.480 e. The van der Waals surface area contributed by atoms with Crippen LogP contribution in [0, 0.1) is 0 Å². The number of ether oxygens (including phenoxy) is 1. The Hall–Kier alpha value is -2.15. The molecule has 1 atom stereocenters. The zero-order chi connectivity index (χ0) is 17.7. The third-order valence-corrected chi connectivity index (χ3v) is 3.85. The molecular formula is C17H25N3O4. The topological polar surface area (TPSA) is 91.8 Å². The van der Waals surface area contributed by atoms with Gasteiger partial charge in [0.25, 0.3) is 0 Å². The molecule has 24 heavy (non-hydrogen) atoms. The molecule has 1 aliphatic heterocycles. The molecule has 0 saturated carbocycles. The van der Waals surface area contributed by atoms with Gasteiger partial charge in [0.15, 0.2) is 0 Å². The van der Waals surface area contributed by atoms with Crippen molar-refractivity contribution in [3.05, 3.63) is 30.1 Å². The number of pyridine rings is 1. The summed E-state index contributed by atoms with van der Waals surface area (Å²) in [4.78, 5) is 29.4. The molecule has 132 valence electrons. The van der Waals surface area contributed by atoms with E-state index in [0.29, 0.717) is 31.5 Å². The predicted molar refractivity (Wildman–Crippen MR) is 88.6 cm³/mol. The van der Waals surface area contributed by atoms with Crippen LogP contribution in [-0.2, 0) is 9.53 Å². The second-order valence-corrected chi connectivity index (χ2v) is 6.98. The number of hydrogen-bond donors (Lipinski definition) is 2. The number of alkyl carbamates (subject to hydrolysis) is 1. The van der Waals surface area contributed by atoms with Crippen molar-refractivity contribution in [2.75, 3.05) is 13.1 Å². The number of nitrogens with one attached hydrogen (secondary N) is 1. The summed E-state index contributed by atoms with van der Waals surface area (Å²) in [6.07, 6.45) is 4.15. The van der Waals surface area contributed by atoms with E-state index < -0.39 is 23.7 Å². The van der Waals surface area contributed by atoms with Crippen molar-refractivity contribution < 1.29 is 19.4 Å². The van der Waals surface area contributed by atoms with Crippen molar-refractivity contribution in [1.82, 2.24) is 15.2 Å². The molecule has 1 aromatic rings. The van der Waals surface area contributed by atoms with Gasteiger partial charge in [-0.15, -0.1) is 0 Å². The Morgan fingerprint density at radius 1 is 1.38 bits per heavy atom. The molecule has 2 N–H and O–H groups in total. The Balaban J connectivity index is 1.91. The minimum atomic E-state index is -0.887. The van der Waals surface area contributed by atoms with Crippen LogP contribution in [0.3, 0.4) is 0 Å². The Morgan fingerprint density at radius 2 is 2.04 bits per heavy atom. The first-order chi connectivity index (χ1) is 11.3. The van der Waals surface area contributed by atoms with Crippen molar-refractivity contribution in [3.8, 4) is 0 Å². The van der Waals surface area contributed by atoms with Gasteiger partial charge >= 0.3 is 12.1 Å². The Bertz CT molecular complexity index is 563. The quantitative estimate of drug-likeness (QED) is 0.876. The molecule has 2 heterocycles. The van der Waals surface area contributed by atoms with Crippen molar-refractivity contribution in [2.24, 2.45) is 0 Å². The number of amides is 1. The molecule has 7 nitrogen and oxygen atoms in total. The van der Waals surface area contributed by atoms with Gasteiger partial charge in [0.1, 0.15) is 11.6 Å². The van der Waals surface area contributed by atoms with Gasteiger partial charge in [0.2, 0.25) is 0 Å². The molecule has 0 bridgehead atoms. The standard InChI is InChI=1S/C17H25N3O4/c1-17(2,3)24-16(23)19-13-6-9-20(10-7-13)14(15(21)22)12-5-4-8-18-11-12/h4-5,8,11,13-14H,6-7,9-10H2,1-3H3,(H,19,23)(H,21,22)/t14-/m1/s1. The summed E-state index contributed by atoms with van der Waals surface area (Å²) in [5, 5.41) is 12.4. The summed E-state index contributed by atoms with van der Waals surface area (Å²) in [6.45, 7) is 6.64. The third kappa shape index (κ3) is 5.19. The van der Waals surface area contributed by atoms with E-state index in [1.54, 1.807) is 24.5 Å². The van der Waals surface area contributed by atoms with Crippen LogP contribution in [0.5, 0.6) is 0 Å². The van der Waals surface area contributed by atoms with Crippen LogP contribution in [0.4, 0.5) is 4.79 Å². The smallest absolute Gasteiger partial charge is 0.407 e. The number of hydrogen-bond acceptors (Lipinski definition) is 5. The number of rotatable bonds is 4. The Labute approximate surface area is 142 Å². The SMILES string of the molecule is CC(C)(C)OC(=O)NC1CCN([C@@H](C(=O)O)c2cccnc2)CC1. The molecule has 7 heteroatoms.